The Bertz CT molecular complexity index is 574. The van der Waals surface area contributed by atoms with Crippen LogP contribution in [0.25, 0.3) is 0 Å². The topological polar surface area (TPSA) is 51.0 Å². The number of aromatic nitrogens is 3. The van der Waals surface area contributed by atoms with Gasteiger partial charge in [-0.05, 0) is 18.6 Å². The molecule has 100 valence electrons. The van der Waals surface area contributed by atoms with E-state index in [0.29, 0.717) is 17.8 Å². The van der Waals surface area contributed by atoms with Gasteiger partial charge in [-0.15, -0.1) is 5.10 Å². The molecule has 0 aliphatic rings. The number of ketones is 1. The van der Waals surface area contributed by atoms with Gasteiger partial charge in [0.05, 0.1) is 6.20 Å². The molecule has 19 heavy (non-hydrogen) atoms. The maximum atomic E-state index is 12.5. The summed E-state index contributed by atoms with van der Waals surface area (Å²) in [7, 11) is 3.90. The molecule has 2 rings (SSSR count). The van der Waals surface area contributed by atoms with Gasteiger partial charge in [-0.25, -0.2) is 4.68 Å². The molecular formula is C14H18N4O. The number of carbonyl (C=O) groups excluding carboxylic acids is 1. The first kappa shape index (κ1) is 13.3. The van der Waals surface area contributed by atoms with E-state index in [2.05, 4.69) is 10.3 Å². The van der Waals surface area contributed by atoms with E-state index in [4.69, 9.17) is 0 Å². The lowest BCUT2D eigenvalue weighted by Crippen LogP contribution is -2.13. The van der Waals surface area contributed by atoms with Crippen LogP contribution in [0.2, 0.25) is 0 Å². The van der Waals surface area contributed by atoms with Crippen molar-refractivity contribution in [3.63, 3.8) is 0 Å². The van der Waals surface area contributed by atoms with Gasteiger partial charge in [0.1, 0.15) is 5.69 Å². The molecule has 2 aromatic rings. The molecule has 0 amide bonds. The molecule has 0 unspecified atom stereocenters. The van der Waals surface area contributed by atoms with Crippen LogP contribution in [0.3, 0.4) is 0 Å². The molecule has 0 bridgehead atoms. The standard InChI is InChI=1S/C14H18N4O/c1-4-8-18-13(10-15-16-18)14(19)11-6-5-7-12(9-11)17(2)3/h5-7,9-10H,4,8H2,1-3H3. The Morgan fingerprint density at radius 1 is 1.37 bits per heavy atom. The summed E-state index contributed by atoms with van der Waals surface area (Å²) in [5, 5.41) is 7.77. The van der Waals surface area contributed by atoms with Crippen molar-refractivity contribution in [3.8, 4) is 0 Å². The second-order valence-electron chi connectivity index (χ2n) is 4.62. The SMILES string of the molecule is CCCn1nncc1C(=O)c1cccc(N(C)C)c1. The van der Waals surface area contributed by atoms with E-state index < -0.39 is 0 Å². The van der Waals surface area contributed by atoms with Gasteiger partial charge in [0.15, 0.2) is 0 Å². The van der Waals surface area contributed by atoms with Gasteiger partial charge in [0, 0.05) is 31.9 Å². The fraction of sp³-hybridized carbons (Fsp3) is 0.357. The van der Waals surface area contributed by atoms with Crippen molar-refractivity contribution in [3.05, 3.63) is 41.7 Å². The highest BCUT2D eigenvalue weighted by atomic mass is 16.1. The van der Waals surface area contributed by atoms with E-state index in [9.17, 15) is 4.79 Å². The molecule has 0 atom stereocenters. The number of hydrogen-bond acceptors (Lipinski definition) is 4. The molecule has 1 aromatic carbocycles. The van der Waals surface area contributed by atoms with Crippen molar-refractivity contribution in [2.24, 2.45) is 0 Å². The molecule has 1 aromatic heterocycles. The first-order valence-corrected chi connectivity index (χ1v) is 6.34. The average Bonchev–Trinajstić information content (AvgIpc) is 2.86. The van der Waals surface area contributed by atoms with Crippen molar-refractivity contribution >= 4 is 11.5 Å². The number of rotatable bonds is 5. The monoisotopic (exact) mass is 258 g/mol. The highest BCUT2D eigenvalue weighted by Gasteiger charge is 2.15. The van der Waals surface area contributed by atoms with Gasteiger partial charge >= 0.3 is 0 Å². The van der Waals surface area contributed by atoms with Crippen LogP contribution >= 0.6 is 0 Å². The van der Waals surface area contributed by atoms with Crippen molar-refractivity contribution in [1.29, 1.82) is 0 Å². The van der Waals surface area contributed by atoms with E-state index in [-0.39, 0.29) is 5.78 Å². The van der Waals surface area contributed by atoms with Gasteiger partial charge < -0.3 is 4.90 Å². The van der Waals surface area contributed by atoms with E-state index in [1.54, 1.807) is 4.68 Å². The Morgan fingerprint density at radius 2 is 2.16 bits per heavy atom. The number of benzene rings is 1. The number of hydrogen-bond donors (Lipinski definition) is 0. The minimum atomic E-state index is -0.0397. The number of nitrogens with zero attached hydrogens (tertiary/aromatic N) is 4. The van der Waals surface area contributed by atoms with Crippen molar-refractivity contribution in [2.75, 3.05) is 19.0 Å². The predicted molar refractivity (Wildman–Crippen MR) is 74.5 cm³/mol. The highest BCUT2D eigenvalue weighted by Crippen LogP contribution is 2.16. The zero-order valence-electron chi connectivity index (χ0n) is 11.5. The molecule has 0 N–H and O–H groups in total. The Hall–Kier alpha value is -2.17. The lowest BCUT2D eigenvalue weighted by atomic mass is 10.1. The molecule has 0 saturated carbocycles. The largest absolute Gasteiger partial charge is 0.378 e. The highest BCUT2D eigenvalue weighted by molar-refractivity contribution is 6.08. The third-order valence-corrected chi connectivity index (χ3v) is 2.91. The van der Waals surface area contributed by atoms with Crippen molar-refractivity contribution in [1.82, 2.24) is 15.0 Å². The third-order valence-electron chi connectivity index (χ3n) is 2.91. The van der Waals surface area contributed by atoms with Crippen LogP contribution in [0.15, 0.2) is 30.5 Å². The Balaban J connectivity index is 2.33. The molecule has 0 fully saturated rings. The number of anilines is 1. The zero-order chi connectivity index (χ0) is 13.8. The van der Waals surface area contributed by atoms with Gasteiger partial charge in [0.2, 0.25) is 5.78 Å². The number of carbonyl (C=O) groups is 1. The van der Waals surface area contributed by atoms with E-state index in [1.165, 1.54) is 6.20 Å². The van der Waals surface area contributed by atoms with Gasteiger partial charge in [-0.1, -0.05) is 24.3 Å². The Labute approximate surface area is 112 Å². The molecule has 0 saturated heterocycles. The van der Waals surface area contributed by atoms with Crippen molar-refractivity contribution in [2.45, 2.75) is 19.9 Å². The summed E-state index contributed by atoms with van der Waals surface area (Å²) in [6, 6.07) is 7.55. The average molecular weight is 258 g/mol. The lowest BCUT2D eigenvalue weighted by molar-refractivity contribution is 0.102. The molecular weight excluding hydrogens is 240 g/mol. The lowest BCUT2D eigenvalue weighted by Gasteiger charge is -2.13. The minimum Gasteiger partial charge on any atom is -0.378 e. The van der Waals surface area contributed by atoms with Crippen LogP contribution in [0.1, 0.15) is 29.4 Å². The summed E-state index contributed by atoms with van der Waals surface area (Å²) >= 11 is 0. The zero-order valence-corrected chi connectivity index (χ0v) is 11.5. The second kappa shape index (κ2) is 5.65. The molecule has 5 nitrogen and oxygen atoms in total. The minimum absolute atomic E-state index is 0.0397. The molecule has 0 spiro atoms. The van der Waals surface area contributed by atoms with E-state index in [0.717, 1.165) is 12.1 Å². The normalized spacial score (nSPS) is 10.5. The predicted octanol–water partition coefficient (Wildman–Crippen LogP) is 1.99. The molecule has 5 heteroatoms. The summed E-state index contributed by atoms with van der Waals surface area (Å²) in [4.78, 5) is 14.4. The maximum absolute atomic E-state index is 12.5. The third kappa shape index (κ3) is 2.81. The van der Waals surface area contributed by atoms with Gasteiger partial charge in [0.25, 0.3) is 0 Å². The smallest absolute Gasteiger partial charge is 0.212 e. The molecule has 0 aliphatic carbocycles. The van der Waals surface area contributed by atoms with E-state index >= 15 is 0 Å². The summed E-state index contributed by atoms with van der Waals surface area (Å²) in [5.74, 6) is -0.0397. The summed E-state index contributed by atoms with van der Waals surface area (Å²) in [6.45, 7) is 2.75. The molecule has 0 radical (unpaired) electrons. The quantitative estimate of drug-likeness (QED) is 0.770. The summed E-state index contributed by atoms with van der Waals surface area (Å²) in [5.41, 5.74) is 2.20. The Morgan fingerprint density at radius 3 is 2.84 bits per heavy atom. The van der Waals surface area contributed by atoms with E-state index in [1.807, 2.05) is 50.2 Å². The van der Waals surface area contributed by atoms with Crippen LogP contribution in [-0.2, 0) is 6.54 Å². The van der Waals surface area contributed by atoms with Gasteiger partial charge in [-0.3, -0.25) is 4.79 Å². The van der Waals surface area contributed by atoms with Crippen LogP contribution in [-0.4, -0.2) is 34.9 Å². The van der Waals surface area contributed by atoms with Crippen LogP contribution in [0.5, 0.6) is 0 Å². The van der Waals surface area contributed by atoms with Crippen LogP contribution in [0.4, 0.5) is 5.69 Å². The first-order valence-electron chi connectivity index (χ1n) is 6.34. The molecule has 1 heterocycles. The van der Waals surface area contributed by atoms with Crippen LogP contribution in [0, 0.1) is 0 Å². The first-order chi connectivity index (χ1) is 9.13. The van der Waals surface area contributed by atoms with Crippen LogP contribution < -0.4 is 4.90 Å². The summed E-state index contributed by atoms with van der Waals surface area (Å²) < 4.78 is 1.66. The maximum Gasteiger partial charge on any atom is 0.212 e. The molecule has 0 aliphatic heterocycles. The fourth-order valence-electron chi connectivity index (χ4n) is 1.88. The fourth-order valence-corrected chi connectivity index (χ4v) is 1.88. The summed E-state index contributed by atoms with van der Waals surface area (Å²) in [6.07, 6.45) is 2.45. The number of aryl methyl sites for hydroxylation is 1. The Kier molecular flexibility index (Phi) is 3.94. The van der Waals surface area contributed by atoms with Gasteiger partial charge in [-0.2, -0.15) is 0 Å². The second-order valence-corrected chi connectivity index (χ2v) is 4.62. The van der Waals surface area contributed by atoms with Crippen molar-refractivity contribution < 1.29 is 4.79 Å².